The number of amides is 2. The molecule has 0 spiro atoms. The molecule has 20 heavy (non-hydrogen) atoms. The quantitative estimate of drug-likeness (QED) is 0.800. The highest BCUT2D eigenvalue weighted by Crippen LogP contribution is 2.27. The monoisotopic (exact) mass is 316 g/mol. The summed E-state index contributed by atoms with van der Waals surface area (Å²) >= 11 is 11.6. The normalized spacial score (nSPS) is 21.5. The standard InChI is InChI=1S/C13H14Cl2N2O3/c14-10-4-3-9(6-11(10)15)17-13(20)16-8-2-1-7(5-8)12(18)19/h3-4,6-8H,1-2,5H2,(H,18,19)(H2,16,17,20). The van der Waals surface area contributed by atoms with Gasteiger partial charge in [-0.3, -0.25) is 4.79 Å². The summed E-state index contributed by atoms with van der Waals surface area (Å²) in [6.07, 6.45) is 1.73. The molecule has 1 aromatic carbocycles. The van der Waals surface area contributed by atoms with Crippen LogP contribution in [0, 0.1) is 5.92 Å². The van der Waals surface area contributed by atoms with Crippen LogP contribution in [0.3, 0.4) is 0 Å². The number of carbonyl (C=O) groups is 2. The third-order valence-corrected chi connectivity index (χ3v) is 4.03. The Morgan fingerprint density at radius 3 is 2.55 bits per heavy atom. The summed E-state index contributed by atoms with van der Waals surface area (Å²) in [5, 5.41) is 15.1. The summed E-state index contributed by atoms with van der Waals surface area (Å²) in [7, 11) is 0. The third kappa shape index (κ3) is 3.77. The zero-order chi connectivity index (χ0) is 14.7. The van der Waals surface area contributed by atoms with Crippen LogP contribution in [0.1, 0.15) is 19.3 Å². The van der Waals surface area contributed by atoms with Crippen LogP contribution in [0.4, 0.5) is 10.5 Å². The number of carbonyl (C=O) groups excluding carboxylic acids is 1. The Labute approximate surface area is 126 Å². The molecule has 2 rings (SSSR count). The van der Waals surface area contributed by atoms with Gasteiger partial charge in [-0.05, 0) is 37.5 Å². The average molecular weight is 317 g/mol. The van der Waals surface area contributed by atoms with Gasteiger partial charge in [0.25, 0.3) is 0 Å². The fourth-order valence-electron chi connectivity index (χ4n) is 2.26. The SMILES string of the molecule is O=C(Nc1ccc(Cl)c(Cl)c1)NC1CCC(C(=O)O)C1. The van der Waals surface area contributed by atoms with E-state index < -0.39 is 5.97 Å². The Hall–Kier alpha value is -1.46. The molecule has 7 heteroatoms. The van der Waals surface area contributed by atoms with Crippen molar-refractivity contribution in [3.05, 3.63) is 28.2 Å². The van der Waals surface area contributed by atoms with E-state index in [0.29, 0.717) is 35.0 Å². The number of halogens is 2. The van der Waals surface area contributed by atoms with Gasteiger partial charge in [0.1, 0.15) is 0 Å². The van der Waals surface area contributed by atoms with Crippen molar-refractivity contribution < 1.29 is 14.7 Å². The van der Waals surface area contributed by atoms with E-state index in [0.717, 1.165) is 0 Å². The minimum absolute atomic E-state index is 0.112. The molecule has 0 aliphatic heterocycles. The first-order valence-corrected chi connectivity index (χ1v) is 6.96. The summed E-state index contributed by atoms with van der Waals surface area (Å²) in [6, 6.07) is 4.30. The van der Waals surface area contributed by atoms with Crippen LogP contribution in [0.2, 0.25) is 10.0 Å². The molecule has 0 aromatic heterocycles. The van der Waals surface area contributed by atoms with Gasteiger partial charge in [-0.2, -0.15) is 0 Å². The smallest absolute Gasteiger partial charge is 0.319 e. The van der Waals surface area contributed by atoms with E-state index in [9.17, 15) is 9.59 Å². The first-order valence-electron chi connectivity index (χ1n) is 6.21. The molecular formula is C13H14Cl2N2O3. The summed E-state index contributed by atoms with van der Waals surface area (Å²) in [5.74, 6) is -1.18. The van der Waals surface area contributed by atoms with Crippen LogP contribution in [-0.4, -0.2) is 23.1 Å². The molecular weight excluding hydrogens is 303 g/mol. The topological polar surface area (TPSA) is 78.4 Å². The second kappa shape index (κ2) is 6.33. The van der Waals surface area contributed by atoms with Crippen molar-refractivity contribution in [2.75, 3.05) is 5.32 Å². The fraction of sp³-hybridized carbons (Fsp3) is 0.385. The second-order valence-electron chi connectivity index (χ2n) is 4.77. The van der Waals surface area contributed by atoms with Crippen LogP contribution in [-0.2, 0) is 4.79 Å². The number of hydrogen-bond acceptors (Lipinski definition) is 2. The molecule has 2 unspecified atom stereocenters. The predicted molar refractivity (Wildman–Crippen MR) is 77.4 cm³/mol. The highest BCUT2D eigenvalue weighted by Gasteiger charge is 2.30. The first-order chi connectivity index (χ1) is 9.45. The molecule has 1 fully saturated rings. The van der Waals surface area contributed by atoms with Crippen molar-refractivity contribution in [1.82, 2.24) is 5.32 Å². The number of hydrogen-bond donors (Lipinski definition) is 3. The average Bonchev–Trinajstić information content (AvgIpc) is 2.82. The van der Waals surface area contributed by atoms with Crippen LogP contribution >= 0.6 is 23.2 Å². The summed E-state index contributed by atoms with van der Waals surface area (Å²) in [5.41, 5.74) is 0.532. The lowest BCUT2D eigenvalue weighted by atomic mass is 10.1. The van der Waals surface area contributed by atoms with E-state index in [1.807, 2.05) is 0 Å². The van der Waals surface area contributed by atoms with Crippen molar-refractivity contribution in [2.24, 2.45) is 5.92 Å². The maximum Gasteiger partial charge on any atom is 0.319 e. The molecule has 5 nitrogen and oxygen atoms in total. The molecule has 0 bridgehead atoms. The molecule has 1 aromatic rings. The minimum atomic E-state index is -0.806. The van der Waals surface area contributed by atoms with Gasteiger partial charge in [0, 0.05) is 11.7 Å². The lowest BCUT2D eigenvalue weighted by molar-refractivity contribution is -0.141. The van der Waals surface area contributed by atoms with Gasteiger partial charge in [0.05, 0.1) is 16.0 Å². The molecule has 0 saturated heterocycles. The zero-order valence-corrected chi connectivity index (χ0v) is 12.0. The maximum absolute atomic E-state index is 11.8. The Balaban J connectivity index is 1.87. The number of benzene rings is 1. The maximum atomic E-state index is 11.8. The summed E-state index contributed by atoms with van der Waals surface area (Å²) in [6.45, 7) is 0. The minimum Gasteiger partial charge on any atom is -0.481 e. The van der Waals surface area contributed by atoms with Gasteiger partial charge in [0.2, 0.25) is 0 Å². The van der Waals surface area contributed by atoms with E-state index in [4.69, 9.17) is 28.3 Å². The van der Waals surface area contributed by atoms with Gasteiger partial charge < -0.3 is 15.7 Å². The molecule has 3 N–H and O–H groups in total. The number of aliphatic carboxylic acids is 1. The van der Waals surface area contributed by atoms with E-state index in [1.54, 1.807) is 18.2 Å². The van der Waals surface area contributed by atoms with Crippen LogP contribution in [0.5, 0.6) is 0 Å². The molecule has 2 amide bonds. The number of anilines is 1. The third-order valence-electron chi connectivity index (χ3n) is 3.29. The highest BCUT2D eigenvalue weighted by molar-refractivity contribution is 6.42. The molecule has 0 heterocycles. The van der Waals surface area contributed by atoms with E-state index in [1.165, 1.54) is 0 Å². The van der Waals surface area contributed by atoms with E-state index in [-0.39, 0.29) is 18.0 Å². The Kier molecular flexibility index (Phi) is 4.73. The second-order valence-corrected chi connectivity index (χ2v) is 5.59. The van der Waals surface area contributed by atoms with Crippen molar-refractivity contribution in [3.63, 3.8) is 0 Å². The number of rotatable bonds is 3. The van der Waals surface area contributed by atoms with Gasteiger partial charge in [-0.1, -0.05) is 23.2 Å². The van der Waals surface area contributed by atoms with Gasteiger partial charge in [-0.25, -0.2) is 4.79 Å². The Bertz CT molecular complexity index is 536. The first kappa shape index (κ1) is 14.9. The predicted octanol–water partition coefficient (Wildman–Crippen LogP) is 3.37. The Morgan fingerprint density at radius 2 is 1.95 bits per heavy atom. The van der Waals surface area contributed by atoms with E-state index in [2.05, 4.69) is 10.6 Å². The summed E-state index contributed by atoms with van der Waals surface area (Å²) < 4.78 is 0. The number of carboxylic acids is 1. The molecule has 1 aliphatic carbocycles. The van der Waals surface area contributed by atoms with Crippen molar-refractivity contribution in [2.45, 2.75) is 25.3 Å². The lowest BCUT2D eigenvalue weighted by Gasteiger charge is -2.13. The van der Waals surface area contributed by atoms with E-state index >= 15 is 0 Å². The van der Waals surface area contributed by atoms with Gasteiger partial charge in [0.15, 0.2) is 0 Å². The number of nitrogens with one attached hydrogen (secondary N) is 2. The van der Waals surface area contributed by atoms with Crippen molar-refractivity contribution in [3.8, 4) is 0 Å². The van der Waals surface area contributed by atoms with Crippen molar-refractivity contribution >= 4 is 40.9 Å². The summed E-state index contributed by atoms with van der Waals surface area (Å²) in [4.78, 5) is 22.6. The van der Waals surface area contributed by atoms with Gasteiger partial charge >= 0.3 is 12.0 Å². The molecule has 1 aliphatic rings. The molecule has 108 valence electrons. The molecule has 1 saturated carbocycles. The van der Waals surface area contributed by atoms with Gasteiger partial charge in [-0.15, -0.1) is 0 Å². The Morgan fingerprint density at radius 1 is 1.20 bits per heavy atom. The molecule has 2 atom stereocenters. The lowest BCUT2D eigenvalue weighted by Crippen LogP contribution is -2.36. The van der Waals surface area contributed by atoms with Crippen molar-refractivity contribution in [1.29, 1.82) is 0 Å². The highest BCUT2D eigenvalue weighted by atomic mass is 35.5. The largest absolute Gasteiger partial charge is 0.481 e. The fourth-order valence-corrected chi connectivity index (χ4v) is 2.56. The number of urea groups is 1. The van der Waals surface area contributed by atoms with Crippen LogP contribution < -0.4 is 10.6 Å². The van der Waals surface area contributed by atoms with Crippen LogP contribution in [0.25, 0.3) is 0 Å². The number of carboxylic acid groups (broad SMARTS) is 1. The molecule has 0 radical (unpaired) electrons. The van der Waals surface area contributed by atoms with Crippen LogP contribution in [0.15, 0.2) is 18.2 Å². The zero-order valence-electron chi connectivity index (χ0n) is 10.5.